The molecule has 1 aromatic heterocycles. The maximum absolute atomic E-state index is 4.88. The summed E-state index contributed by atoms with van der Waals surface area (Å²) in [4.78, 5) is 4.88. The minimum absolute atomic E-state index is 0.113. The van der Waals surface area contributed by atoms with Crippen LogP contribution in [0.1, 0.15) is 50.1 Å². The van der Waals surface area contributed by atoms with Crippen LogP contribution in [0, 0.1) is 0 Å². The number of fused-ring (bicyclic) bond motifs is 1. The van der Waals surface area contributed by atoms with E-state index in [1.54, 1.807) is 0 Å². The first-order chi connectivity index (χ1) is 8.60. The molecule has 0 saturated carbocycles. The van der Waals surface area contributed by atoms with Gasteiger partial charge in [0.25, 0.3) is 0 Å². The van der Waals surface area contributed by atoms with Gasteiger partial charge in [0, 0.05) is 11.5 Å². The molecule has 0 radical (unpaired) electrons. The summed E-state index contributed by atoms with van der Waals surface area (Å²) in [5.41, 5.74) is 2.70. The summed E-state index contributed by atoms with van der Waals surface area (Å²) in [6.45, 7) is 7.86. The van der Waals surface area contributed by atoms with E-state index in [4.69, 9.17) is 4.98 Å². The standard InChI is InChI=1S/C15H20N2S/c1-10(2)14-17-13-11(6-4-7-12(13)18-14)15(3)8-5-9-16-15/h4,6-7,10,16H,5,8-9H2,1-3H3. The van der Waals surface area contributed by atoms with Crippen LogP contribution >= 0.6 is 11.3 Å². The summed E-state index contributed by atoms with van der Waals surface area (Å²) in [7, 11) is 0. The van der Waals surface area contributed by atoms with E-state index >= 15 is 0 Å². The number of aromatic nitrogens is 1. The smallest absolute Gasteiger partial charge is 0.0964 e. The Bertz CT molecular complexity index is 565. The van der Waals surface area contributed by atoms with Gasteiger partial charge in [-0.15, -0.1) is 11.3 Å². The van der Waals surface area contributed by atoms with Crippen molar-refractivity contribution in [3.8, 4) is 0 Å². The first kappa shape index (κ1) is 12.1. The number of thiazole rings is 1. The van der Waals surface area contributed by atoms with Crippen molar-refractivity contribution in [2.75, 3.05) is 6.54 Å². The van der Waals surface area contributed by atoms with Crippen LogP contribution in [0.25, 0.3) is 10.2 Å². The van der Waals surface area contributed by atoms with Crippen molar-refractivity contribution >= 4 is 21.6 Å². The van der Waals surface area contributed by atoms with Gasteiger partial charge in [0.1, 0.15) is 0 Å². The first-order valence-electron chi connectivity index (χ1n) is 6.75. The summed E-state index contributed by atoms with van der Waals surface area (Å²) in [6.07, 6.45) is 2.47. The predicted molar refractivity (Wildman–Crippen MR) is 78.3 cm³/mol. The Morgan fingerprint density at radius 2 is 2.22 bits per heavy atom. The van der Waals surface area contributed by atoms with Crippen LogP contribution in [0.15, 0.2) is 18.2 Å². The maximum atomic E-state index is 4.88. The maximum Gasteiger partial charge on any atom is 0.0964 e. The van der Waals surface area contributed by atoms with Gasteiger partial charge in [-0.1, -0.05) is 26.0 Å². The van der Waals surface area contributed by atoms with Gasteiger partial charge in [-0.05, 0) is 37.9 Å². The van der Waals surface area contributed by atoms with Crippen LogP contribution in [-0.4, -0.2) is 11.5 Å². The summed E-state index contributed by atoms with van der Waals surface area (Å²) in [5.74, 6) is 0.514. The monoisotopic (exact) mass is 260 g/mol. The normalized spacial score (nSPS) is 24.2. The molecule has 3 rings (SSSR count). The fourth-order valence-electron chi connectivity index (χ4n) is 2.78. The van der Waals surface area contributed by atoms with Crippen molar-refractivity contribution in [1.82, 2.24) is 10.3 Å². The predicted octanol–water partition coefficient (Wildman–Crippen LogP) is 4.02. The molecule has 1 saturated heterocycles. The van der Waals surface area contributed by atoms with Crippen molar-refractivity contribution in [1.29, 1.82) is 0 Å². The average molecular weight is 260 g/mol. The second kappa shape index (κ2) is 4.32. The Labute approximate surface area is 112 Å². The van der Waals surface area contributed by atoms with Gasteiger partial charge in [-0.25, -0.2) is 4.98 Å². The van der Waals surface area contributed by atoms with Crippen LogP contribution in [0.4, 0.5) is 0 Å². The van der Waals surface area contributed by atoms with Crippen LogP contribution in [-0.2, 0) is 5.54 Å². The lowest BCUT2D eigenvalue weighted by Gasteiger charge is -2.25. The molecule has 1 aromatic carbocycles. The van der Waals surface area contributed by atoms with E-state index in [0.717, 1.165) is 6.54 Å². The Balaban J connectivity index is 2.17. The van der Waals surface area contributed by atoms with E-state index < -0.39 is 0 Å². The fourth-order valence-corrected chi connectivity index (χ4v) is 3.78. The van der Waals surface area contributed by atoms with Crippen molar-refractivity contribution in [3.63, 3.8) is 0 Å². The van der Waals surface area contributed by atoms with Crippen molar-refractivity contribution in [3.05, 3.63) is 28.8 Å². The van der Waals surface area contributed by atoms with E-state index in [1.807, 2.05) is 11.3 Å². The molecule has 0 amide bonds. The van der Waals surface area contributed by atoms with Crippen LogP contribution in [0.2, 0.25) is 0 Å². The zero-order valence-corrected chi connectivity index (χ0v) is 12.1. The van der Waals surface area contributed by atoms with Gasteiger partial charge in [0.05, 0.1) is 15.2 Å². The number of hydrogen-bond acceptors (Lipinski definition) is 3. The van der Waals surface area contributed by atoms with E-state index in [9.17, 15) is 0 Å². The largest absolute Gasteiger partial charge is 0.308 e. The van der Waals surface area contributed by atoms with Crippen LogP contribution < -0.4 is 5.32 Å². The van der Waals surface area contributed by atoms with Gasteiger partial charge in [0.2, 0.25) is 0 Å². The highest BCUT2D eigenvalue weighted by atomic mass is 32.1. The minimum atomic E-state index is 0.113. The van der Waals surface area contributed by atoms with Crippen molar-refractivity contribution < 1.29 is 0 Å². The third kappa shape index (κ3) is 1.86. The van der Waals surface area contributed by atoms with Crippen LogP contribution in [0.3, 0.4) is 0 Å². The fraction of sp³-hybridized carbons (Fsp3) is 0.533. The molecule has 1 aliphatic heterocycles. The lowest BCUT2D eigenvalue weighted by atomic mass is 9.90. The second-order valence-electron chi connectivity index (χ2n) is 5.72. The van der Waals surface area contributed by atoms with Gasteiger partial charge >= 0.3 is 0 Å². The molecular weight excluding hydrogens is 240 g/mol. The number of benzene rings is 1. The topological polar surface area (TPSA) is 24.9 Å². The molecule has 2 nitrogen and oxygen atoms in total. The number of hydrogen-bond donors (Lipinski definition) is 1. The molecule has 0 spiro atoms. The quantitative estimate of drug-likeness (QED) is 0.882. The highest BCUT2D eigenvalue weighted by molar-refractivity contribution is 7.18. The Kier molecular flexibility index (Phi) is 2.91. The summed E-state index contributed by atoms with van der Waals surface area (Å²) in [5, 5.41) is 4.89. The molecule has 1 N–H and O–H groups in total. The molecule has 0 aliphatic carbocycles. The molecule has 18 heavy (non-hydrogen) atoms. The van der Waals surface area contributed by atoms with Crippen molar-refractivity contribution in [2.24, 2.45) is 0 Å². The van der Waals surface area contributed by atoms with Gasteiger partial charge in [-0.2, -0.15) is 0 Å². The third-order valence-corrected chi connectivity index (χ3v) is 5.21. The molecule has 96 valence electrons. The minimum Gasteiger partial charge on any atom is -0.308 e. The van der Waals surface area contributed by atoms with E-state index in [0.29, 0.717) is 5.92 Å². The average Bonchev–Trinajstić information content (AvgIpc) is 2.94. The zero-order valence-electron chi connectivity index (χ0n) is 11.3. The highest BCUT2D eigenvalue weighted by Gasteiger charge is 2.32. The van der Waals surface area contributed by atoms with Gasteiger partial charge in [-0.3, -0.25) is 0 Å². The molecule has 3 heteroatoms. The molecule has 0 bridgehead atoms. The summed E-state index contributed by atoms with van der Waals surface area (Å²) < 4.78 is 1.33. The molecule has 1 atom stereocenters. The Hall–Kier alpha value is -0.930. The second-order valence-corrected chi connectivity index (χ2v) is 6.78. The molecule has 1 aliphatic rings. The Morgan fingerprint density at radius 1 is 1.39 bits per heavy atom. The third-order valence-electron chi connectivity index (χ3n) is 3.89. The summed E-state index contributed by atoms with van der Waals surface area (Å²) in [6, 6.07) is 6.61. The summed E-state index contributed by atoms with van der Waals surface area (Å²) >= 11 is 1.84. The molecular formula is C15H20N2S. The molecule has 2 heterocycles. The number of nitrogens with one attached hydrogen (secondary N) is 1. The number of rotatable bonds is 2. The highest BCUT2D eigenvalue weighted by Crippen LogP contribution is 2.37. The van der Waals surface area contributed by atoms with E-state index in [2.05, 4.69) is 44.3 Å². The zero-order chi connectivity index (χ0) is 12.8. The number of para-hydroxylation sites is 1. The molecule has 2 aromatic rings. The first-order valence-corrected chi connectivity index (χ1v) is 7.57. The molecule has 1 fully saturated rings. The lowest BCUT2D eigenvalue weighted by Crippen LogP contribution is -2.33. The lowest BCUT2D eigenvalue weighted by molar-refractivity contribution is 0.438. The van der Waals surface area contributed by atoms with Gasteiger partial charge in [0.15, 0.2) is 0 Å². The van der Waals surface area contributed by atoms with Gasteiger partial charge < -0.3 is 5.32 Å². The SMILES string of the molecule is CC(C)c1nc2c(C3(C)CCCN3)cccc2s1. The number of nitrogens with zero attached hydrogens (tertiary/aromatic N) is 1. The Morgan fingerprint density at radius 3 is 2.89 bits per heavy atom. The van der Waals surface area contributed by atoms with E-state index in [1.165, 1.54) is 33.6 Å². The molecule has 1 unspecified atom stereocenters. The van der Waals surface area contributed by atoms with Crippen molar-refractivity contribution in [2.45, 2.75) is 45.1 Å². The van der Waals surface area contributed by atoms with Crippen LogP contribution in [0.5, 0.6) is 0 Å². The van der Waals surface area contributed by atoms with E-state index in [-0.39, 0.29) is 5.54 Å².